The average molecular weight is 851 g/mol. The first-order valence-electron chi connectivity index (χ1n) is 19.4. The van der Waals surface area contributed by atoms with Gasteiger partial charge in [-0.15, -0.1) is 29.3 Å². The molecule has 6 aromatic carbocycles. The molecule has 0 fully saturated rings. The maximum Gasteiger partial charge on any atom is -0.0181 e. The summed E-state index contributed by atoms with van der Waals surface area (Å²) in [7, 11) is 0. The molecule has 6 aromatic rings. The Morgan fingerprint density at radius 2 is 1.21 bits per heavy atom. The summed E-state index contributed by atoms with van der Waals surface area (Å²) < 4.78 is 1.42. The van der Waals surface area contributed by atoms with Gasteiger partial charge in [-0.3, -0.25) is 6.08 Å². The largest absolute Gasteiger partial charge is 1.00 e. The molecule has 0 N–H and O–H groups in total. The van der Waals surface area contributed by atoms with E-state index in [1.807, 2.05) is 0 Å². The molecule has 1 unspecified atom stereocenters. The van der Waals surface area contributed by atoms with Gasteiger partial charge in [-0.2, -0.15) is 11.6 Å². The van der Waals surface area contributed by atoms with E-state index in [9.17, 15) is 0 Å². The van der Waals surface area contributed by atoms with E-state index in [1.54, 1.807) is 0 Å². The topological polar surface area (TPSA) is 0 Å². The van der Waals surface area contributed by atoms with Crippen molar-refractivity contribution >= 4 is 3.21 Å². The molecule has 0 heterocycles. The molecule has 0 nitrogen and oxygen atoms in total. The monoisotopic (exact) mass is 848 g/mol. The number of halogens is 2. The molecule has 284 valence electrons. The van der Waals surface area contributed by atoms with E-state index in [0.29, 0.717) is 11.3 Å². The molecule has 3 heteroatoms. The number of unbranched alkanes of at least 4 members (excludes halogenated alkanes) is 1. The normalized spacial score (nSPS) is 13.4. The minimum Gasteiger partial charge on any atom is -1.00 e. The Morgan fingerprint density at radius 1 is 0.661 bits per heavy atom. The van der Waals surface area contributed by atoms with Crippen LogP contribution in [-0.4, -0.2) is 3.21 Å². The second-order valence-electron chi connectivity index (χ2n) is 15.6. The number of benzene rings is 6. The summed E-state index contributed by atoms with van der Waals surface area (Å²) in [5.41, 5.74) is 17.4. The van der Waals surface area contributed by atoms with E-state index >= 15 is 0 Å². The van der Waals surface area contributed by atoms with E-state index in [-0.39, 0.29) is 24.8 Å². The molecule has 1 atom stereocenters. The molecule has 0 bridgehead atoms. The van der Waals surface area contributed by atoms with Gasteiger partial charge < -0.3 is 24.8 Å². The third-order valence-corrected chi connectivity index (χ3v) is 11.6. The number of allylic oxidation sites excluding steroid dienone is 4. The third-order valence-electron chi connectivity index (χ3n) is 10.2. The predicted octanol–water partition coefficient (Wildman–Crippen LogP) is 7.96. The molecule has 8 rings (SSSR count). The first-order valence-corrected chi connectivity index (χ1v) is 20.7. The fraction of sp³-hybridized carbons (Fsp3) is 0.226. The minimum atomic E-state index is 0. The number of fused-ring (bicyclic) bond motifs is 3. The fourth-order valence-corrected chi connectivity index (χ4v) is 7.71. The molecule has 0 aromatic heterocycles. The van der Waals surface area contributed by atoms with E-state index in [4.69, 9.17) is 0 Å². The number of rotatable bonds is 7. The maximum absolute atomic E-state index is 3.65. The van der Waals surface area contributed by atoms with Crippen molar-refractivity contribution in [1.29, 1.82) is 0 Å². The molecule has 56 heavy (non-hydrogen) atoms. The van der Waals surface area contributed by atoms with Crippen molar-refractivity contribution < 1.29 is 49.0 Å². The Kier molecular flexibility index (Phi) is 16.9. The van der Waals surface area contributed by atoms with Gasteiger partial charge in [-0.25, -0.2) is 6.08 Å². The van der Waals surface area contributed by atoms with Crippen LogP contribution in [0.1, 0.15) is 80.3 Å². The summed E-state index contributed by atoms with van der Waals surface area (Å²) in [6.45, 7) is 13.3. The molecular formula is C53H52Cl2Zr-2. The van der Waals surface area contributed by atoms with Gasteiger partial charge in [0.25, 0.3) is 0 Å². The first kappa shape index (κ1) is 44.8. The molecule has 0 saturated heterocycles. The van der Waals surface area contributed by atoms with E-state index in [2.05, 4.69) is 205 Å². The first-order chi connectivity index (χ1) is 26.1. The summed E-state index contributed by atoms with van der Waals surface area (Å²) in [5.74, 6) is 0.592. The van der Waals surface area contributed by atoms with Crippen LogP contribution in [0, 0.1) is 37.3 Å². The zero-order valence-electron chi connectivity index (χ0n) is 33.6. The van der Waals surface area contributed by atoms with Crippen molar-refractivity contribution in [3.8, 4) is 33.4 Å². The van der Waals surface area contributed by atoms with E-state index < -0.39 is 0 Å². The van der Waals surface area contributed by atoms with Crippen LogP contribution in [0.2, 0.25) is 0 Å². The molecule has 0 spiro atoms. The zero-order valence-corrected chi connectivity index (χ0v) is 37.6. The summed E-state index contributed by atoms with van der Waals surface area (Å²) in [6.07, 6.45) is 12.8. The van der Waals surface area contributed by atoms with Crippen LogP contribution in [0.15, 0.2) is 157 Å². The van der Waals surface area contributed by atoms with Crippen LogP contribution >= 0.6 is 0 Å². The SMILES string of the molecule is CCCCC1[C-]=CC(C(C)(C)C)=C1.Cc1ccc([C](=[Zr+2])c2ccc(C)cc2)cc1.[Cl-].[Cl-].[c-]1c(-c2ccccc2)ccc2c1Cc1cc(-c3ccccc3)ccc1-2. The molecule has 2 aliphatic carbocycles. The van der Waals surface area contributed by atoms with Gasteiger partial charge in [0.15, 0.2) is 0 Å². The van der Waals surface area contributed by atoms with Gasteiger partial charge in [0.05, 0.1) is 0 Å². The quantitative estimate of drug-likeness (QED) is 0.143. The molecule has 0 saturated carbocycles. The van der Waals surface area contributed by atoms with Crippen molar-refractivity contribution in [1.82, 2.24) is 0 Å². The van der Waals surface area contributed by atoms with Crippen molar-refractivity contribution in [2.24, 2.45) is 11.3 Å². The van der Waals surface area contributed by atoms with Crippen LogP contribution in [0.25, 0.3) is 33.4 Å². The molecule has 0 aliphatic heterocycles. The van der Waals surface area contributed by atoms with E-state index in [1.165, 1.54) is 119 Å². The standard InChI is InChI=1S/C25H17.C15H14.C13H21.2ClH.Zr/c1-3-7-18(8-4-1)20-11-13-24-22(15-20)17-23-16-21(12-14-25(23)24)19-9-5-2-6-10-19;1-12-3-7-14(8-4-12)11-15-9-5-13(2)6-10-15;1-5-6-7-11-8-9-12(10-11)13(2,3)4;;;/h1-15H,17H2;3-10H,1-2H3;9-11H,5-7H2,1-4H3;2*1H;/q-1;;-1;;;+2/p-2. The van der Waals surface area contributed by atoms with Gasteiger partial charge in [-0.1, -0.05) is 154 Å². The van der Waals surface area contributed by atoms with Gasteiger partial charge in [0, 0.05) is 0 Å². The van der Waals surface area contributed by atoms with Gasteiger partial charge in [-0.05, 0) is 23.1 Å². The zero-order chi connectivity index (χ0) is 38.1. The summed E-state index contributed by atoms with van der Waals surface area (Å²) >= 11 is 1.46. The molecule has 0 amide bonds. The second-order valence-corrected chi connectivity index (χ2v) is 16.8. The number of hydrogen-bond donors (Lipinski definition) is 0. The van der Waals surface area contributed by atoms with Crippen LogP contribution in [-0.2, 0) is 30.7 Å². The Bertz CT molecular complexity index is 2090. The number of hydrogen-bond acceptors (Lipinski definition) is 0. The Hall–Kier alpha value is -3.87. The van der Waals surface area contributed by atoms with Crippen molar-refractivity contribution in [2.75, 3.05) is 0 Å². The van der Waals surface area contributed by atoms with Gasteiger partial charge in [0.1, 0.15) is 0 Å². The van der Waals surface area contributed by atoms with Crippen LogP contribution in [0.3, 0.4) is 0 Å². The van der Waals surface area contributed by atoms with Crippen molar-refractivity contribution in [3.63, 3.8) is 0 Å². The van der Waals surface area contributed by atoms with Crippen LogP contribution in [0.5, 0.6) is 0 Å². The average Bonchev–Trinajstić information content (AvgIpc) is 3.83. The van der Waals surface area contributed by atoms with E-state index in [0.717, 1.165) is 6.42 Å². The second kappa shape index (κ2) is 21.1. The van der Waals surface area contributed by atoms with Gasteiger partial charge >= 0.3 is 112 Å². The van der Waals surface area contributed by atoms with Crippen LogP contribution in [0.4, 0.5) is 0 Å². The maximum atomic E-state index is 3.65. The van der Waals surface area contributed by atoms with Crippen LogP contribution < -0.4 is 24.8 Å². The fourth-order valence-electron chi connectivity index (χ4n) is 6.89. The predicted molar refractivity (Wildman–Crippen MR) is 228 cm³/mol. The third kappa shape index (κ3) is 11.8. The Balaban J connectivity index is 0.000000196. The summed E-state index contributed by atoms with van der Waals surface area (Å²) in [4.78, 5) is 0. The Morgan fingerprint density at radius 3 is 1.75 bits per heavy atom. The molecule has 0 radical (unpaired) electrons. The van der Waals surface area contributed by atoms with Gasteiger partial charge in [0.2, 0.25) is 0 Å². The number of aryl methyl sites for hydroxylation is 2. The Labute approximate surface area is 364 Å². The van der Waals surface area contributed by atoms with Crippen molar-refractivity contribution in [2.45, 2.75) is 67.2 Å². The van der Waals surface area contributed by atoms with Crippen molar-refractivity contribution in [3.05, 3.63) is 203 Å². The minimum absolute atomic E-state index is 0. The summed E-state index contributed by atoms with van der Waals surface area (Å²) in [5, 5.41) is 0. The molecule has 2 aliphatic rings. The molecular weight excluding hydrogens is 799 g/mol. The smallest absolute Gasteiger partial charge is 0.0181 e. The summed E-state index contributed by atoms with van der Waals surface area (Å²) in [6, 6.07) is 53.5.